The lowest BCUT2D eigenvalue weighted by molar-refractivity contribution is -0.153. The molecule has 8 heteroatoms. The van der Waals surface area contributed by atoms with Crippen molar-refractivity contribution in [2.75, 3.05) is 6.61 Å². The zero-order valence-corrected chi connectivity index (χ0v) is 13.3. The van der Waals surface area contributed by atoms with E-state index in [1.54, 1.807) is 27.7 Å². The highest BCUT2D eigenvalue weighted by Gasteiger charge is 2.69. The number of esters is 1. The number of imide groups is 1. The molecule has 0 aromatic heterocycles. The van der Waals surface area contributed by atoms with E-state index in [1.807, 2.05) is 0 Å². The normalized spacial score (nSPS) is 23.7. The van der Waals surface area contributed by atoms with Gasteiger partial charge in [0.15, 0.2) is 6.61 Å². The number of hydrogen-bond acceptors (Lipinski definition) is 4. The third-order valence-corrected chi connectivity index (χ3v) is 3.89. The van der Waals surface area contributed by atoms with Crippen LogP contribution in [0.4, 0.5) is 4.79 Å². The summed E-state index contributed by atoms with van der Waals surface area (Å²) in [6, 6.07) is -0.653. The zero-order chi connectivity index (χ0) is 15.8. The summed E-state index contributed by atoms with van der Waals surface area (Å²) in [5.74, 6) is -1.38. The molecule has 1 atom stereocenters. The van der Waals surface area contributed by atoms with E-state index in [0.29, 0.717) is 0 Å². The number of alkyl halides is 2. The number of amides is 3. The first kappa shape index (κ1) is 17.0. The number of rotatable bonds is 3. The molecule has 0 aromatic carbocycles. The number of urea groups is 1. The van der Waals surface area contributed by atoms with Gasteiger partial charge in [-0.3, -0.25) is 14.9 Å². The summed E-state index contributed by atoms with van der Waals surface area (Å²) >= 11 is 11.6. The fourth-order valence-corrected chi connectivity index (χ4v) is 2.14. The number of halogens is 2. The van der Waals surface area contributed by atoms with Crippen molar-refractivity contribution in [1.82, 2.24) is 10.6 Å². The van der Waals surface area contributed by atoms with Crippen molar-refractivity contribution < 1.29 is 19.1 Å². The molecule has 0 saturated heterocycles. The first-order chi connectivity index (χ1) is 8.87. The Hall–Kier alpha value is -1.01. The molecule has 0 spiro atoms. The first-order valence-corrected chi connectivity index (χ1v) is 6.80. The second kappa shape index (κ2) is 5.41. The standard InChI is InChI=1S/C12H18Cl2N2O4/c1-10(2,3)16-9(19)15-7(17)5-20-8(18)11(4)6-12(11,13)14/h5-6H2,1-4H3,(H2,15,16,17,19)/t11-/m0/s1. The van der Waals surface area contributed by atoms with Crippen LogP contribution < -0.4 is 10.6 Å². The van der Waals surface area contributed by atoms with E-state index in [9.17, 15) is 14.4 Å². The van der Waals surface area contributed by atoms with Gasteiger partial charge < -0.3 is 10.1 Å². The van der Waals surface area contributed by atoms with Crippen molar-refractivity contribution in [3.8, 4) is 0 Å². The minimum atomic E-state index is -1.15. The monoisotopic (exact) mass is 324 g/mol. The van der Waals surface area contributed by atoms with Crippen LogP contribution in [-0.2, 0) is 14.3 Å². The lowest BCUT2D eigenvalue weighted by atomic mass is 10.1. The molecule has 0 radical (unpaired) electrons. The highest BCUT2D eigenvalue weighted by atomic mass is 35.5. The van der Waals surface area contributed by atoms with Gasteiger partial charge in [0.05, 0.1) is 0 Å². The van der Waals surface area contributed by atoms with E-state index in [-0.39, 0.29) is 6.42 Å². The summed E-state index contributed by atoms with van der Waals surface area (Å²) in [5.41, 5.74) is -1.47. The molecule has 1 rings (SSSR count). The third kappa shape index (κ3) is 4.24. The van der Waals surface area contributed by atoms with Gasteiger partial charge in [-0.1, -0.05) is 0 Å². The number of carbonyl (C=O) groups is 3. The second-order valence-corrected chi connectivity index (χ2v) is 7.53. The summed E-state index contributed by atoms with van der Waals surface area (Å²) in [7, 11) is 0. The molecule has 1 fully saturated rings. The van der Waals surface area contributed by atoms with Crippen molar-refractivity contribution in [1.29, 1.82) is 0 Å². The molecule has 0 aromatic rings. The largest absolute Gasteiger partial charge is 0.455 e. The Morgan fingerprint density at radius 1 is 1.25 bits per heavy atom. The van der Waals surface area contributed by atoms with Gasteiger partial charge in [0.2, 0.25) is 0 Å². The highest BCUT2D eigenvalue weighted by molar-refractivity contribution is 6.53. The highest BCUT2D eigenvalue weighted by Crippen LogP contribution is 2.64. The molecule has 6 nitrogen and oxygen atoms in total. The van der Waals surface area contributed by atoms with Crippen LogP contribution in [0.5, 0.6) is 0 Å². The molecule has 20 heavy (non-hydrogen) atoms. The van der Waals surface area contributed by atoms with Crippen LogP contribution in [0.1, 0.15) is 34.1 Å². The number of carbonyl (C=O) groups excluding carboxylic acids is 3. The van der Waals surface area contributed by atoms with E-state index in [0.717, 1.165) is 0 Å². The quantitative estimate of drug-likeness (QED) is 0.611. The second-order valence-electron chi connectivity index (χ2n) is 6.04. The third-order valence-electron chi connectivity index (χ3n) is 2.78. The summed E-state index contributed by atoms with van der Waals surface area (Å²) in [6.07, 6.45) is 0.272. The molecule has 0 heterocycles. The van der Waals surface area contributed by atoms with Gasteiger partial charge in [-0.15, -0.1) is 23.2 Å². The van der Waals surface area contributed by atoms with E-state index in [2.05, 4.69) is 10.6 Å². The summed E-state index contributed by atoms with van der Waals surface area (Å²) in [6.45, 7) is 6.30. The molecular weight excluding hydrogens is 307 g/mol. The van der Waals surface area contributed by atoms with Gasteiger partial charge in [-0.05, 0) is 27.7 Å². The van der Waals surface area contributed by atoms with Gasteiger partial charge in [0.1, 0.15) is 9.75 Å². The predicted molar refractivity (Wildman–Crippen MR) is 74.5 cm³/mol. The fraction of sp³-hybridized carbons (Fsp3) is 0.750. The predicted octanol–water partition coefficient (Wildman–Crippen LogP) is 1.74. The van der Waals surface area contributed by atoms with E-state index >= 15 is 0 Å². The molecule has 114 valence electrons. The van der Waals surface area contributed by atoms with Crippen molar-refractivity contribution >= 4 is 41.1 Å². The van der Waals surface area contributed by atoms with Crippen LogP contribution >= 0.6 is 23.2 Å². The van der Waals surface area contributed by atoms with Crippen LogP contribution in [-0.4, -0.2) is 34.4 Å². The topological polar surface area (TPSA) is 84.5 Å². The Kier molecular flexibility index (Phi) is 4.61. The smallest absolute Gasteiger partial charge is 0.321 e. The minimum absolute atomic E-state index is 0.272. The maximum Gasteiger partial charge on any atom is 0.321 e. The molecule has 0 aliphatic heterocycles. The van der Waals surface area contributed by atoms with Gasteiger partial charge in [0.25, 0.3) is 5.91 Å². The molecule has 3 amide bonds. The zero-order valence-electron chi connectivity index (χ0n) is 11.8. The maximum absolute atomic E-state index is 11.7. The molecule has 0 unspecified atom stereocenters. The van der Waals surface area contributed by atoms with Gasteiger partial charge >= 0.3 is 12.0 Å². The number of nitrogens with one attached hydrogen (secondary N) is 2. The van der Waals surface area contributed by atoms with Crippen LogP contribution in [0.15, 0.2) is 0 Å². The van der Waals surface area contributed by atoms with Crippen molar-refractivity contribution in [3.05, 3.63) is 0 Å². The SMILES string of the molecule is CC(C)(C)NC(=O)NC(=O)COC(=O)[C@]1(C)CC1(Cl)Cl. The maximum atomic E-state index is 11.7. The van der Waals surface area contributed by atoms with Crippen molar-refractivity contribution in [3.63, 3.8) is 0 Å². The van der Waals surface area contributed by atoms with E-state index in [4.69, 9.17) is 27.9 Å². The minimum Gasteiger partial charge on any atom is -0.455 e. The Bertz CT molecular complexity index is 445. The molecule has 1 aliphatic rings. The Morgan fingerprint density at radius 3 is 2.15 bits per heavy atom. The van der Waals surface area contributed by atoms with Crippen LogP contribution in [0.25, 0.3) is 0 Å². The molecule has 2 N–H and O–H groups in total. The van der Waals surface area contributed by atoms with E-state index < -0.39 is 39.8 Å². The van der Waals surface area contributed by atoms with Crippen LogP contribution in [0, 0.1) is 5.41 Å². The first-order valence-electron chi connectivity index (χ1n) is 6.04. The fourth-order valence-electron chi connectivity index (χ4n) is 1.45. The Balaban J connectivity index is 2.35. The van der Waals surface area contributed by atoms with Gasteiger partial charge in [0, 0.05) is 12.0 Å². The van der Waals surface area contributed by atoms with Crippen molar-refractivity contribution in [2.24, 2.45) is 5.41 Å². The molecule has 0 bridgehead atoms. The van der Waals surface area contributed by atoms with Crippen molar-refractivity contribution in [2.45, 2.75) is 44.0 Å². The van der Waals surface area contributed by atoms with Crippen LogP contribution in [0.3, 0.4) is 0 Å². The average Bonchev–Trinajstić information content (AvgIpc) is 2.73. The van der Waals surface area contributed by atoms with Gasteiger partial charge in [-0.2, -0.15) is 0 Å². The Labute approximate surface area is 127 Å². The summed E-state index contributed by atoms with van der Waals surface area (Å²) in [4.78, 5) is 34.5. The number of ether oxygens (including phenoxy) is 1. The summed E-state index contributed by atoms with van der Waals surface area (Å²) in [5, 5.41) is 4.59. The lowest BCUT2D eigenvalue weighted by Crippen LogP contribution is -2.49. The molecule has 1 saturated carbocycles. The number of hydrogen-bond donors (Lipinski definition) is 2. The lowest BCUT2D eigenvalue weighted by Gasteiger charge is -2.20. The summed E-state index contributed by atoms with van der Waals surface area (Å²) < 4.78 is 3.65. The Morgan fingerprint density at radius 2 is 1.75 bits per heavy atom. The molecule has 1 aliphatic carbocycles. The molecular formula is C12H18Cl2N2O4. The van der Waals surface area contributed by atoms with E-state index in [1.165, 1.54) is 0 Å². The van der Waals surface area contributed by atoms with Crippen LogP contribution in [0.2, 0.25) is 0 Å². The average molecular weight is 325 g/mol. The van der Waals surface area contributed by atoms with Gasteiger partial charge in [-0.25, -0.2) is 4.79 Å².